The largest absolute Gasteiger partial charge is 0.326 e. The number of anilines is 2. The number of amides is 2. The Kier molecular flexibility index (Phi) is 8.59. The number of rotatable bonds is 10. The molecule has 2 aromatic carbocycles. The number of nitrogens with one attached hydrogen (secondary N) is 1. The lowest BCUT2D eigenvalue weighted by Gasteiger charge is -2.25. The lowest BCUT2D eigenvalue weighted by Crippen LogP contribution is -2.28. The Balaban J connectivity index is 1.64. The molecule has 0 unspecified atom stereocenters. The van der Waals surface area contributed by atoms with Crippen LogP contribution in [0.2, 0.25) is 0 Å². The first-order valence-corrected chi connectivity index (χ1v) is 12.4. The van der Waals surface area contributed by atoms with Crippen LogP contribution < -0.4 is 10.2 Å². The third-order valence-electron chi connectivity index (χ3n) is 5.57. The highest BCUT2D eigenvalue weighted by atomic mass is 32.2. The lowest BCUT2D eigenvalue weighted by molar-refractivity contribution is -0.117. The molecule has 1 heterocycles. The monoisotopic (exact) mass is 438 g/mol. The van der Waals surface area contributed by atoms with Crippen molar-refractivity contribution in [3.8, 4) is 0 Å². The maximum Gasteiger partial charge on any atom is 0.238 e. The fourth-order valence-electron chi connectivity index (χ4n) is 4.10. The Morgan fingerprint density at radius 1 is 1.03 bits per heavy atom. The Bertz CT molecular complexity index is 892. The zero-order chi connectivity index (χ0) is 22.2. The molecule has 0 aliphatic carbocycles. The van der Waals surface area contributed by atoms with Crippen molar-refractivity contribution < 1.29 is 9.59 Å². The topological polar surface area (TPSA) is 49.4 Å². The van der Waals surface area contributed by atoms with E-state index in [1.165, 1.54) is 25.7 Å². The summed E-state index contributed by atoms with van der Waals surface area (Å²) >= 11 is 1.63. The summed E-state index contributed by atoms with van der Waals surface area (Å²) in [6.07, 6.45) is 7.58. The predicted octanol–water partition coefficient (Wildman–Crippen LogP) is 6.77. The van der Waals surface area contributed by atoms with Gasteiger partial charge in [0.25, 0.3) is 0 Å². The summed E-state index contributed by atoms with van der Waals surface area (Å²) in [7, 11) is 0. The summed E-state index contributed by atoms with van der Waals surface area (Å²) in [5.41, 5.74) is 5.07. The molecule has 5 heteroatoms. The number of nitrogens with zero attached hydrogens (tertiary/aromatic N) is 1. The smallest absolute Gasteiger partial charge is 0.238 e. The van der Waals surface area contributed by atoms with Crippen LogP contribution in [0.1, 0.15) is 73.9 Å². The Labute approximate surface area is 190 Å². The molecule has 2 amide bonds. The maximum absolute atomic E-state index is 12.7. The zero-order valence-electron chi connectivity index (χ0n) is 18.9. The highest BCUT2D eigenvalue weighted by Gasteiger charge is 2.34. The molecule has 31 heavy (non-hydrogen) atoms. The molecule has 3 rings (SSSR count). The van der Waals surface area contributed by atoms with Crippen LogP contribution in [0.15, 0.2) is 42.5 Å². The summed E-state index contributed by atoms with van der Waals surface area (Å²) < 4.78 is 0. The maximum atomic E-state index is 12.7. The van der Waals surface area contributed by atoms with Crippen LogP contribution in [0.5, 0.6) is 0 Å². The highest BCUT2D eigenvalue weighted by Crippen LogP contribution is 2.42. The van der Waals surface area contributed by atoms with Crippen LogP contribution in [0.25, 0.3) is 0 Å². The fourth-order valence-corrected chi connectivity index (χ4v) is 5.27. The Morgan fingerprint density at radius 2 is 1.74 bits per heavy atom. The molecule has 2 aromatic rings. The summed E-state index contributed by atoms with van der Waals surface area (Å²) in [5.74, 6) is 0.651. The van der Waals surface area contributed by atoms with Crippen molar-refractivity contribution in [2.45, 2.75) is 71.1 Å². The van der Waals surface area contributed by atoms with Gasteiger partial charge < -0.3 is 5.32 Å². The molecule has 4 nitrogen and oxygen atoms in total. The minimum Gasteiger partial charge on any atom is -0.326 e. The van der Waals surface area contributed by atoms with Gasteiger partial charge in [-0.15, -0.1) is 11.8 Å². The first-order chi connectivity index (χ1) is 15.0. The van der Waals surface area contributed by atoms with Crippen molar-refractivity contribution >= 4 is 35.0 Å². The number of hydrogen-bond donors (Lipinski definition) is 1. The number of aryl methyl sites for hydroxylation is 2. The van der Waals surface area contributed by atoms with Crippen molar-refractivity contribution in [2.24, 2.45) is 0 Å². The van der Waals surface area contributed by atoms with Crippen molar-refractivity contribution in [3.63, 3.8) is 0 Å². The second-order valence-electron chi connectivity index (χ2n) is 8.46. The SMILES string of the molecule is CCCCCCCCC(=O)Nc1cccc([C@H]2SCC(=O)N2c2cc(C)cc(C)c2)c1. The van der Waals surface area contributed by atoms with Crippen molar-refractivity contribution in [1.29, 1.82) is 0 Å². The fraction of sp³-hybridized carbons (Fsp3) is 0.462. The van der Waals surface area contributed by atoms with Gasteiger partial charge in [-0.25, -0.2) is 0 Å². The van der Waals surface area contributed by atoms with Gasteiger partial charge in [-0.05, 0) is 61.2 Å². The van der Waals surface area contributed by atoms with E-state index in [0.29, 0.717) is 12.2 Å². The molecule has 1 aliphatic rings. The van der Waals surface area contributed by atoms with E-state index < -0.39 is 0 Å². The number of carbonyl (C=O) groups is 2. The first kappa shape index (κ1) is 23.4. The number of unbranched alkanes of at least 4 members (excludes halogenated alkanes) is 5. The third kappa shape index (κ3) is 6.60. The quantitative estimate of drug-likeness (QED) is 0.416. The second-order valence-corrected chi connectivity index (χ2v) is 9.53. The van der Waals surface area contributed by atoms with Crippen LogP contribution in [0.3, 0.4) is 0 Å². The number of hydrogen-bond acceptors (Lipinski definition) is 3. The van der Waals surface area contributed by atoms with Gasteiger partial charge in [0.1, 0.15) is 5.37 Å². The minimum absolute atomic E-state index is 0.0638. The summed E-state index contributed by atoms with van der Waals surface area (Å²) in [5, 5.41) is 2.96. The van der Waals surface area contributed by atoms with E-state index >= 15 is 0 Å². The molecule has 1 aliphatic heterocycles. The Morgan fingerprint density at radius 3 is 2.48 bits per heavy atom. The summed E-state index contributed by atoms with van der Waals surface area (Å²) in [6.45, 7) is 6.32. The summed E-state index contributed by atoms with van der Waals surface area (Å²) in [4.78, 5) is 26.9. The normalized spacial score (nSPS) is 16.0. The number of carbonyl (C=O) groups excluding carboxylic acids is 2. The van der Waals surface area contributed by atoms with Gasteiger partial charge >= 0.3 is 0 Å². The second kappa shape index (κ2) is 11.4. The molecule has 0 radical (unpaired) electrons. The highest BCUT2D eigenvalue weighted by molar-refractivity contribution is 8.00. The van der Waals surface area contributed by atoms with Gasteiger partial charge in [-0.3, -0.25) is 14.5 Å². The molecule has 1 saturated heterocycles. The summed E-state index contributed by atoms with van der Waals surface area (Å²) in [6, 6.07) is 14.2. The van der Waals surface area contributed by atoms with Crippen molar-refractivity contribution in [3.05, 3.63) is 59.2 Å². The lowest BCUT2D eigenvalue weighted by atomic mass is 10.1. The molecule has 1 N–H and O–H groups in total. The van der Waals surface area contributed by atoms with Crippen LogP contribution in [-0.2, 0) is 9.59 Å². The molecule has 166 valence electrons. The van der Waals surface area contributed by atoms with Crippen LogP contribution in [-0.4, -0.2) is 17.6 Å². The molecule has 1 fully saturated rings. The van der Waals surface area contributed by atoms with E-state index in [2.05, 4.69) is 44.3 Å². The predicted molar refractivity (Wildman–Crippen MR) is 132 cm³/mol. The van der Waals surface area contributed by atoms with Gasteiger partial charge in [0, 0.05) is 17.8 Å². The Hall–Kier alpha value is -2.27. The molecule has 0 aromatic heterocycles. The van der Waals surface area contributed by atoms with E-state index in [0.717, 1.165) is 40.9 Å². The molecule has 1 atom stereocenters. The van der Waals surface area contributed by atoms with Crippen LogP contribution >= 0.6 is 11.8 Å². The molecule has 0 saturated carbocycles. The van der Waals surface area contributed by atoms with E-state index in [4.69, 9.17) is 0 Å². The standard InChI is InChI=1S/C26H34N2O2S/c1-4-5-6-7-8-9-13-24(29)27-22-12-10-11-21(17-22)26-28(25(30)18-31-26)23-15-19(2)14-20(3)16-23/h10-12,14-17,26H,4-9,13,18H2,1-3H3,(H,27,29)/t26-/m1/s1. The number of thioether (sulfide) groups is 1. The third-order valence-corrected chi connectivity index (χ3v) is 6.78. The molecule has 0 bridgehead atoms. The van der Waals surface area contributed by atoms with Crippen molar-refractivity contribution in [1.82, 2.24) is 0 Å². The van der Waals surface area contributed by atoms with Gasteiger partial charge in [-0.1, -0.05) is 57.2 Å². The average molecular weight is 439 g/mol. The van der Waals surface area contributed by atoms with Crippen LogP contribution in [0, 0.1) is 13.8 Å². The van der Waals surface area contributed by atoms with E-state index in [-0.39, 0.29) is 17.2 Å². The van der Waals surface area contributed by atoms with E-state index in [1.807, 2.05) is 29.2 Å². The molecule has 0 spiro atoms. The van der Waals surface area contributed by atoms with Gasteiger partial charge in [0.05, 0.1) is 5.75 Å². The number of benzene rings is 2. The van der Waals surface area contributed by atoms with Crippen LogP contribution in [0.4, 0.5) is 11.4 Å². The van der Waals surface area contributed by atoms with E-state index in [9.17, 15) is 9.59 Å². The van der Waals surface area contributed by atoms with E-state index in [1.54, 1.807) is 11.8 Å². The minimum atomic E-state index is -0.0795. The van der Waals surface area contributed by atoms with Crippen molar-refractivity contribution in [2.75, 3.05) is 16.0 Å². The van der Waals surface area contributed by atoms with Gasteiger partial charge in [0.15, 0.2) is 0 Å². The zero-order valence-corrected chi connectivity index (χ0v) is 19.8. The van der Waals surface area contributed by atoms with Gasteiger partial charge in [0.2, 0.25) is 11.8 Å². The first-order valence-electron chi connectivity index (χ1n) is 11.4. The average Bonchev–Trinajstić information content (AvgIpc) is 3.11. The molecular formula is C26H34N2O2S. The van der Waals surface area contributed by atoms with Gasteiger partial charge in [-0.2, -0.15) is 0 Å². The molecular weight excluding hydrogens is 404 g/mol.